The largest absolute Gasteiger partial charge is 0.385 e. The number of nitrogens with one attached hydrogen (secondary N) is 5. The first-order chi connectivity index (χ1) is 40.4. The highest BCUT2D eigenvalue weighted by Crippen LogP contribution is 2.24. The van der Waals surface area contributed by atoms with Crippen molar-refractivity contribution in [2.24, 2.45) is 5.92 Å². The van der Waals surface area contributed by atoms with Crippen LogP contribution >= 0.6 is 22.9 Å². The van der Waals surface area contributed by atoms with E-state index in [1.807, 2.05) is 0 Å². The monoisotopic (exact) mass is 1210 g/mol. The van der Waals surface area contributed by atoms with Crippen LogP contribution in [0.25, 0.3) is 0 Å². The summed E-state index contributed by atoms with van der Waals surface area (Å²) >= 11 is 7.52. The van der Waals surface area contributed by atoms with Gasteiger partial charge in [0.05, 0.1) is 17.7 Å². The van der Waals surface area contributed by atoms with Crippen molar-refractivity contribution in [1.29, 1.82) is 0 Å². The maximum Gasteiger partial charge on any atom is 0.246 e. The summed E-state index contributed by atoms with van der Waals surface area (Å²) in [5.41, 5.74) is 3.67. The quantitative estimate of drug-likeness (QED) is 0.137. The van der Waals surface area contributed by atoms with Crippen molar-refractivity contribution < 1.29 is 57.1 Å². The lowest BCUT2D eigenvalue weighted by Gasteiger charge is -2.36. The Morgan fingerprint density at radius 1 is 0.624 bits per heavy atom. The van der Waals surface area contributed by atoms with Crippen LogP contribution in [0.4, 0.5) is 4.39 Å². The number of likely N-dealkylation sites (N-methyl/N-ethyl adjacent to an activating group) is 4. The zero-order chi connectivity index (χ0) is 62.2. The van der Waals surface area contributed by atoms with Crippen LogP contribution < -0.4 is 26.6 Å². The second kappa shape index (κ2) is 30.8. The molecule has 85 heavy (non-hydrogen) atoms. The Labute approximate surface area is 503 Å². The molecule has 2 saturated heterocycles. The summed E-state index contributed by atoms with van der Waals surface area (Å²) < 4.78 is 19.5. The van der Waals surface area contributed by atoms with Gasteiger partial charge in [-0.05, 0) is 80.0 Å². The minimum atomic E-state index is -1.42. The molecule has 4 aromatic rings. The topological polar surface area (TPSA) is 269 Å². The molecule has 0 unspecified atom stereocenters. The predicted octanol–water partition coefficient (Wildman–Crippen LogP) is 2.31. The van der Waals surface area contributed by atoms with Gasteiger partial charge >= 0.3 is 0 Å². The molecule has 2 fully saturated rings. The van der Waals surface area contributed by atoms with Crippen LogP contribution in [0.3, 0.4) is 0 Å². The summed E-state index contributed by atoms with van der Waals surface area (Å²) in [5.74, 6) is -8.43. The third-order valence-corrected chi connectivity index (χ3v) is 16.4. The summed E-state index contributed by atoms with van der Waals surface area (Å²) in [6, 6.07) is 9.15. The van der Waals surface area contributed by atoms with E-state index in [0.717, 1.165) is 14.7 Å². The summed E-state index contributed by atoms with van der Waals surface area (Å²) in [7, 11) is 6.89. The van der Waals surface area contributed by atoms with Gasteiger partial charge in [0, 0.05) is 84.5 Å². The number of methoxy groups -OCH3 is 1. The van der Waals surface area contributed by atoms with Gasteiger partial charge in [-0.1, -0.05) is 80.0 Å². The zero-order valence-corrected chi connectivity index (χ0v) is 50.9. The highest BCUT2D eigenvalue weighted by atomic mass is 35.5. The van der Waals surface area contributed by atoms with E-state index in [4.69, 9.17) is 16.3 Å². The van der Waals surface area contributed by atoms with Gasteiger partial charge in [0.15, 0.2) is 0 Å². The number of hydrogen-bond donors (Lipinski definition) is 5. The summed E-state index contributed by atoms with van der Waals surface area (Å²) in [6.07, 6.45) is 0.115. The van der Waals surface area contributed by atoms with Crippen LogP contribution in [0.5, 0.6) is 0 Å². The molecule has 0 bridgehead atoms. The molecule has 1 aromatic heterocycles. The molecule has 0 spiro atoms. The molecule has 22 nitrogen and oxygen atoms in total. The fourth-order valence-corrected chi connectivity index (χ4v) is 10.9. The fourth-order valence-electron chi connectivity index (χ4n) is 10.2. The lowest BCUT2D eigenvalue weighted by atomic mass is 9.98. The van der Waals surface area contributed by atoms with Crippen molar-refractivity contribution in [3.05, 3.63) is 123 Å². The van der Waals surface area contributed by atoms with Gasteiger partial charge in [-0.2, -0.15) is 0 Å². The van der Waals surface area contributed by atoms with Gasteiger partial charge < -0.3 is 55.8 Å². The van der Waals surface area contributed by atoms with E-state index in [0.29, 0.717) is 33.8 Å². The molecular formula is C60H77ClFN11O11S. The molecule has 0 radical (unpaired) electrons. The Hall–Kier alpha value is -7.83. The number of hydrogen-bond acceptors (Lipinski definition) is 13. The van der Waals surface area contributed by atoms with E-state index in [9.17, 15) is 42.7 Å². The van der Waals surface area contributed by atoms with Crippen LogP contribution in [-0.4, -0.2) is 198 Å². The average molecular weight is 1210 g/mol. The second-order valence-electron chi connectivity index (χ2n) is 21.9. The van der Waals surface area contributed by atoms with Gasteiger partial charge in [0.1, 0.15) is 60.2 Å². The van der Waals surface area contributed by atoms with Crippen LogP contribution in [0, 0.1) is 11.7 Å². The Bertz CT molecular complexity index is 3000. The lowest BCUT2D eigenvalue weighted by Crippen LogP contribution is -2.61. The minimum Gasteiger partial charge on any atom is -0.385 e. The number of thiazole rings is 1. The van der Waals surface area contributed by atoms with E-state index in [-0.39, 0.29) is 51.7 Å². The van der Waals surface area contributed by atoms with Crippen LogP contribution in [0.15, 0.2) is 89.8 Å². The number of carbonyl (C=O) groups is 10. The van der Waals surface area contributed by atoms with Crippen LogP contribution in [0.2, 0.25) is 5.02 Å². The molecule has 3 aromatic carbocycles. The Morgan fingerprint density at radius 2 is 1.19 bits per heavy atom. The smallest absolute Gasteiger partial charge is 0.246 e. The van der Waals surface area contributed by atoms with E-state index >= 15 is 9.59 Å². The van der Waals surface area contributed by atoms with Crippen molar-refractivity contribution in [2.75, 3.05) is 55.0 Å². The lowest BCUT2D eigenvalue weighted by molar-refractivity contribution is -0.149. The number of amides is 10. The fraction of sp³-hybridized carbons (Fsp3) is 0.483. The van der Waals surface area contributed by atoms with Gasteiger partial charge in [0.2, 0.25) is 59.1 Å². The van der Waals surface area contributed by atoms with Gasteiger partial charge in [-0.15, -0.1) is 11.3 Å². The second-order valence-corrected chi connectivity index (χ2v) is 23.1. The molecule has 0 saturated carbocycles. The molecule has 2 aliphatic heterocycles. The van der Waals surface area contributed by atoms with E-state index < -0.39 is 132 Å². The number of aromatic nitrogens is 1. The number of nitrogens with zero attached hydrogens (tertiary/aromatic N) is 6. The molecule has 2 aliphatic rings. The summed E-state index contributed by atoms with van der Waals surface area (Å²) in [4.78, 5) is 156. The highest BCUT2D eigenvalue weighted by Gasteiger charge is 2.43. The third-order valence-electron chi connectivity index (χ3n) is 15.5. The first-order valence-corrected chi connectivity index (χ1v) is 29.5. The van der Waals surface area contributed by atoms with E-state index in [2.05, 4.69) is 31.6 Å². The Kier molecular flexibility index (Phi) is 24.0. The number of rotatable bonds is 12. The molecule has 6 rings (SSSR count). The molecule has 10 amide bonds. The van der Waals surface area contributed by atoms with Crippen molar-refractivity contribution >= 4 is 82.0 Å². The summed E-state index contributed by atoms with van der Waals surface area (Å²) in [5, 5.41) is 15.9. The van der Waals surface area contributed by atoms with Crippen LogP contribution in [-0.2, 0) is 78.4 Å². The zero-order valence-electron chi connectivity index (χ0n) is 49.3. The maximum atomic E-state index is 15.3. The highest BCUT2D eigenvalue weighted by molar-refractivity contribution is 7.07. The first kappa shape index (κ1) is 66.3. The number of ether oxygens (including phenoxy) is 1. The standard InChI is InChI=1S/C60H77ClFN11O11S/c1-35(2)51-55(78)67-46(29-39-17-21-41(61)22-18-39)59(82)72(8)49(30-38-14-11-10-12-15-38)60(83)73-26-13-16-48(73)54(77)65-44(25-27-84-9)57(80)70(6)36(3)52(75)66-47(31-43-33-85-34-63-43)58(81)71(7)37(4)56(79)69(5)32-50(74)64-45(53(76)68-51)28-40-19-23-42(62)24-20-40/h10-12,14-15,17-24,33-37,44-49,51H,13,16,25-32H2,1-9H3,(H,64,74)(H,65,77)(H,66,75)(H,67,78)(H,68,76)/t36-,37+,44-,45-,46-,47-,48+,49-,51-/m0/s1. The molecule has 0 aliphatic carbocycles. The molecular weight excluding hydrogens is 1140 g/mol. The molecule has 5 N–H and O–H groups in total. The predicted molar refractivity (Wildman–Crippen MR) is 316 cm³/mol. The minimum absolute atomic E-state index is 0.00778. The van der Waals surface area contributed by atoms with E-state index in [1.54, 1.807) is 79.3 Å². The normalized spacial score (nSPS) is 24.7. The van der Waals surface area contributed by atoms with Crippen molar-refractivity contribution in [3.63, 3.8) is 0 Å². The Morgan fingerprint density at radius 3 is 1.81 bits per heavy atom. The van der Waals surface area contributed by atoms with Gasteiger partial charge in [0.25, 0.3) is 0 Å². The molecule has 458 valence electrons. The third kappa shape index (κ3) is 17.9. The van der Waals surface area contributed by atoms with Crippen molar-refractivity contribution in [1.82, 2.24) is 56.1 Å². The van der Waals surface area contributed by atoms with E-state index in [1.165, 1.54) is 94.6 Å². The molecule has 9 atom stereocenters. The SMILES string of the molecule is COCC[C@@H]1NC(=O)[C@H]2CCCN2C(=O)[C@H](Cc2ccccc2)N(C)C(=O)[C@H](Cc2ccc(Cl)cc2)NC(=O)[C@H](C(C)C)NC(=O)[C@H](Cc2ccc(F)cc2)NC(=O)CN(C)C(=O)[C@@H](C)N(C)C(=O)[C@H](Cc2cscn2)NC(=O)[C@H](C)N(C)C1=O. The number of carbonyl (C=O) groups excluding carboxylic acids is 10. The van der Waals surface area contributed by atoms with Crippen molar-refractivity contribution in [3.8, 4) is 0 Å². The maximum absolute atomic E-state index is 15.3. The molecule has 3 heterocycles. The average Bonchev–Trinajstić information content (AvgIpc) is 4.45. The van der Waals surface area contributed by atoms with Crippen LogP contribution in [0.1, 0.15) is 69.3 Å². The van der Waals surface area contributed by atoms with Gasteiger partial charge in [-0.3, -0.25) is 47.9 Å². The van der Waals surface area contributed by atoms with Crippen molar-refractivity contribution in [2.45, 2.75) is 127 Å². The molecule has 25 heteroatoms. The van der Waals surface area contributed by atoms with Gasteiger partial charge in [-0.25, -0.2) is 9.37 Å². The Balaban J connectivity index is 1.42. The number of fused-ring (bicyclic) bond motifs is 1. The number of halogens is 2. The number of benzene rings is 3. The summed E-state index contributed by atoms with van der Waals surface area (Å²) in [6.45, 7) is 5.70. The first-order valence-electron chi connectivity index (χ1n) is 28.1.